The second-order valence-electron chi connectivity index (χ2n) is 4.50. The average Bonchev–Trinajstić information content (AvgIpc) is 1.86. The Labute approximate surface area is 74.6 Å². The van der Waals surface area contributed by atoms with Crippen LogP contribution in [0.1, 0.15) is 40.0 Å². The summed E-state index contributed by atoms with van der Waals surface area (Å²) in [5.41, 5.74) is 0.425. The molecular formula is C10H17Cl. The Morgan fingerprint density at radius 3 is 2.45 bits per heavy atom. The largest absolute Gasteiger partial charge is 0.0895 e. The number of halogens is 1. The van der Waals surface area contributed by atoms with Gasteiger partial charge in [0.05, 0.1) is 0 Å². The highest BCUT2D eigenvalue weighted by atomic mass is 35.5. The topological polar surface area (TPSA) is 0 Å². The van der Waals surface area contributed by atoms with Crippen molar-refractivity contribution in [3.05, 3.63) is 11.1 Å². The summed E-state index contributed by atoms with van der Waals surface area (Å²) < 4.78 is 0. The summed E-state index contributed by atoms with van der Waals surface area (Å²) in [6, 6.07) is 0. The van der Waals surface area contributed by atoms with Gasteiger partial charge in [-0.2, -0.15) is 0 Å². The van der Waals surface area contributed by atoms with Gasteiger partial charge in [0.2, 0.25) is 0 Å². The van der Waals surface area contributed by atoms with Crippen molar-refractivity contribution in [2.45, 2.75) is 40.0 Å². The van der Waals surface area contributed by atoms with E-state index in [4.69, 9.17) is 11.6 Å². The van der Waals surface area contributed by atoms with E-state index in [2.05, 4.69) is 26.8 Å². The zero-order valence-corrected chi connectivity index (χ0v) is 8.41. The van der Waals surface area contributed by atoms with Crippen molar-refractivity contribution in [3.63, 3.8) is 0 Å². The monoisotopic (exact) mass is 172 g/mol. The van der Waals surface area contributed by atoms with E-state index < -0.39 is 0 Å². The molecule has 0 bridgehead atoms. The van der Waals surface area contributed by atoms with Crippen molar-refractivity contribution in [1.82, 2.24) is 0 Å². The van der Waals surface area contributed by atoms with Crippen LogP contribution in [0, 0.1) is 11.3 Å². The zero-order chi connectivity index (χ0) is 8.48. The minimum atomic E-state index is 0.425. The van der Waals surface area contributed by atoms with Gasteiger partial charge in [0.25, 0.3) is 0 Å². The van der Waals surface area contributed by atoms with Crippen molar-refractivity contribution in [1.29, 1.82) is 0 Å². The van der Waals surface area contributed by atoms with Crippen molar-refractivity contribution < 1.29 is 0 Å². The van der Waals surface area contributed by atoms with Gasteiger partial charge in [0.15, 0.2) is 0 Å². The predicted octanol–water partition coefficient (Wildman–Crippen LogP) is 3.96. The molecule has 0 heterocycles. The van der Waals surface area contributed by atoms with Crippen molar-refractivity contribution in [3.8, 4) is 0 Å². The molecule has 0 fully saturated rings. The molecule has 1 heteroatoms. The van der Waals surface area contributed by atoms with Crippen LogP contribution < -0.4 is 0 Å². The fourth-order valence-corrected chi connectivity index (χ4v) is 1.90. The Morgan fingerprint density at radius 2 is 2.09 bits per heavy atom. The van der Waals surface area contributed by atoms with Crippen LogP contribution in [0.3, 0.4) is 0 Å². The standard InChI is InChI=1S/C10H17Cl/c1-10(2,3)8-5-4-6-9(11)7-8/h6,8H,4-5,7H2,1-3H3. The average molecular weight is 173 g/mol. The van der Waals surface area contributed by atoms with Gasteiger partial charge < -0.3 is 0 Å². The molecule has 1 aliphatic rings. The highest BCUT2D eigenvalue weighted by molar-refractivity contribution is 6.29. The molecule has 1 rings (SSSR count). The molecular weight excluding hydrogens is 156 g/mol. The lowest BCUT2D eigenvalue weighted by atomic mass is 9.74. The Bertz CT molecular complexity index is 162. The summed E-state index contributed by atoms with van der Waals surface area (Å²) in [6.45, 7) is 6.90. The molecule has 1 aliphatic carbocycles. The van der Waals surface area contributed by atoms with Gasteiger partial charge in [0, 0.05) is 5.03 Å². The molecule has 0 aromatic rings. The first kappa shape index (κ1) is 9.12. The van der Waals surface area contributed by atoms with Crippen LogP contribution in [0.2, 0.25) is 0 Å². The Balaban J connectivity index is 2.58. The van der Waals surface area contributed by atoms with E-state index in [1.54, 1.807) is 0 Å². The van der Waals surface area contributed by atoms with Gasteiger partial charge in [-0.25, -0.2) is 0 Å². The van der Waals surface area contributed by atoms with Gasteiger partial charge in [-0.05, 0) is 30.6 Å². The lowest BCUT2D eigenvalue weighted by Crippen LogP contribution is -2.21. The van der Waals surface area contributed by atoms with E-state index in [-0.39, 0.29) is 0 Å². The molecule has 0 aromatic carbocycles. The molecule has 0 saturated carbocycles. The van der Waals surface area contributed by atoms with E-state index in [1.165, 1.54) is 12.8 Å². The van der Waals surface area contributed by atoms with E-state index in [0.717, 1.165) is 17.4 Å². The summed E-state index contributed by atoms with van der Waals surface area (Å²) in [6.07, 6.45) is 5.72. The highest BCUT2D eigenvalue weighted by Gasteiger charge is 2.26. The SMILES string of the molecule is CC(C)(C)C1CCC=C(Cl)C1. The minimum absolute atomic E-state index is 0.425. The van der Waals surface area contributed by atoms with E-state index >= 15 is 0 Å². The molecule has 0 nitrogen and oxygen atoms in total. The fraction of sp³-hybridized carbons (Fsp3) is 0.800. The van der Waals surface area contributed by atoms with E-state index in [0.29, 0.717) is 5.41 Å². The summed E-state index contributed by atoms with van der Waals surface area (Å²) in [5.74, 6) is 0.778. The first-order valence-corrected chi connectivity index (χ1v) is 4.72. The van der Waals surface area contributed by atoms with E-state index in [9.17, 15) is 0 Å². The Morgan fingerprint density at radius 1 is 1.45 bits per heavy atom. The number of allylic oxidation sites excluding steroid dienone is 2. The summed E-state index contributed by atoms with van der Waals surface area (Å²) in [4.78, 5) is 0. The van der Waals surface area contributed by atoms with Crippen molar-refractivity contribution in [2.24, 2.45) is 11.3 Å². The molecule has 64 valence electrons. The maximum absolute atomic E-state index is 5.98. The first-order chi connectivity index (χ1) is 5.00. The molecule has 1 unspecified atom stereocenters. The molecule has 0 saturated heterocycles. The summed E-state index contributed by atoms with van der Waals surface area (Å²) in [5, 5.41) is 1.07. The molecule has 0 amide bonds. The van der Waals surface area contributed by atoms with Gasteiger partial charge in [-0.3, -0.25) is 0 Å². The molecule has 11 heavy (non-hydrogen) atoms. The molecule has 1 atom stereocenters. The summed E-state index contributed by atoms with van der Waals surface area (Å²) >= 11 is 5.98. The molecule has 0 aromatic heterocycles. The zero-order valence-electron chi connectivity index (χ0n) is 7.65. The van der Waals surface area contributed by atoms with Gasteiger partial charge in [0.1, 0.15) is 0 Å². The fourth-order valence-electron chi connectivity index (χ4n) is 1.60. The van der Waals surface area contributed by atoms with Gasteiger partial charge in [-0.1, -0.05) is 38.4 Å². The van der Waals surface area contributed by atoms with E-state index in [1.807, 2.05) is 0 Å². The maximum Gasteiger partial charge on any atom is 0.0144 e. The Hall–Kier alpha value is 0.0300. The highest BCUT2D eigenvalue weighted by Crippen LogP contribution is 2.38. The predicted molar refractivity (Wildman–Crippen MR) is 50.7 cm³/mol. The summed E-state index contributed by atoms with van der Waals surface area (Å²) in [7, 11) is 0. The van der Waals surface area contributed by atoms with Crippen LogP contribution >= 0.6 is 11.6 Å². The van der Waals surface area contributed by atoms with Crippen molar-refractivity contribution >= 4 is 11.6 Å². The lowest BCUT2D eigenvalue weighted by Gasteiger charge is -2.32. The number of rotatable bonds is 0. The normalized spacial score (nSPS) is 26.5. The first-order valence-electron chi connectivity index (χ1n) is 4.34. The van der Waals surface area contributed by atoms with Crippen LogP contribution in [0.4, 0.5) is 0 Å². The molecule has 0 N–H and O–H groups in total. The number of hydrogen-bond acceptors (Lipinski definition) is 0. The molecule has 0 spiro atoms. The van der Waals surface area contributed by atoms with Crippen LogP contribution in [0.25, 0.3) is 0 Å². The molecule has 0 aliphatic heterocycles. The smallest absolute Gasteiger partial charge is 0.0144 e. The van der Waals surface area contributed by atoms with Crippen LogP contribution in [-0.2, 0) is 0 Å². The van der Waals surface area contributed by atoms with Crippen LogP contribution in [0.5, 0.6) is 0 Å². The van der Waals surface area contributed by atoms with Crippen LogP contribution in [-0.4, -0.2) is 0 Å². The third kappa shape index (κ3) is 2.52. The quantitative estimate of drug-likeness (QED) is 0.519. The molecule has 0 radical (unpaired) electrons. The second-order valence-corrected chi connectivity index (χ2v) is 4.98. The third-order valence-electron chi connectivity index (χ3n) is 2.55. The lowest BCUT2D eigenvalue weighted by molar-refractivity contribution is 0.221. The van der Waals surface area contributed by atoms with Gasteiger partial charge in [-0.15, -0.1) is 0 Å². The number of hydrogen-bond donors (Lipinski definition) is 0. The van der Waals surface area contributed by atoms with Crippen LogP contribution in [0.15, 0.2) is 11.1 Å². The second kappa shape index (κ2) is 3.18. The maximum atomic E-state index is 5.98. The minimum Gasteiger partial charge on any atom is -0.0895 e. The third-order valence-corrected chi connectivity index (χ3v) is 2.86. The Kier molecular flexibility index (Phi) is 2.64. The van der Waals surface area contributed by atoms with Crippen molar-refractivity contribution in [2.75, 3.05) is 0 Å². The van der Waals surface area contributed by atoms with Gasteiger partial charge >= 0.3 is 0 Å².